The maximum absolute atomic E-state index is 11.6. The molecular formula is C30H39N9O. The highest BCUT2D eigenvalue weighted by molar-refractivity contribution is 5.96. The van der Waals surface area contributed by atoms with Crippen molar-refractivity contribution in [3.05, 3.63) is 53.0 Å². The lowest BCUT2D eigenvalue weighted by Gasteiger charge is -2.41. The number of H-pyrrole nitrogens is 1. The third-order valence-corrected chi connectivity index (χ3v) is 8.40. The number of nitrogens with zero attached hydrogens (tertiary/aromatic N) is 7. The van der Waals surface area contributed by atoms with Crippen molar-refractivity contribution in [2.75, 3.05) is 42.5 Å². The second kappa shape index (κ2) is 10.2. The zero-order valence-electron chi connectivity index (χ0n) is 24.1. The Bertz CT molecular complexity index is 1570. The Hall–Kier alpha value is -3.92. The van der Waals surface area contributed by atoms with E-state index in [9.17, 15) is 4.79 Å². The number of rotatable bonds is 6. The van der Waals surface area contributed by atoms with E-state index in [2.05, 4.69) is 71.6 Å². The van der Waals surface area contributed by atoms with Crippen molar-refractivity contribution in [2.24, 2.45) is 12.8 Å². The molecule has 1 atom stereocenters. The highest BCUT2D eigenvalue weighted by Crippen LogP contribution is 2.35. The number of hydrogen-bond donors (Lipinski definition) is 2. The van der Waals surface area contributed by atoms with Gasteiger partial charge in [-0.1, -0.05) is 26.0 Å². The SMILES string of the molecule is Cc1c[nH]c2cccc(-c3nc4c(c(N5CCN(CC(N)=O)C(C)C5)n3)CN(c3cc(C(C)C)nn3C)CC4)c12. The van der Waals surface area contributed by atoms with Crippen LogP contribution < -0.4 is 15.5 Å². The van der Waals surface area contributed by atoms with Gasteiger partial charge in [-0.3, -0.25) is 14.4 Å². The monoisotopic (exact) mass is 541 g/mol. The first-order chi connectivity index (χ1) is 19.2. The Morgan fingerprint density at radius 1 is 1.18 bits per heavy atom. The molecule has 1 aromatic carbocycles. The number of carbonyl (C=O) groups is 1. The van der Waals surface area contributed by atoms with Gasteiger partial charge in [0.2, 0.25) is 5.91 Å². The summed E-state index contributed by atoms with van der Waals surface area (Å²) in [5.74, 6) is 2.97. The first-order valence-corrected chi connectivity index (χ1v) is 14.2. The molecular weight excluding hydrogens is 502 g/mol. The minimum absolute atomic E-state index is 0.177. The summed E-state index contributed by atoms with van der Waals surface area (Å²) in [5, 5.41) is 5.94. The van der Waals surface area contributed by atoms with E-state index in [1.807, 2.05) is 17.9 Å². The normalized spacial score (nSPS) is 18.1. The van der Waals surface area contributed by atoms with Gasteiger partial charge in [0.05, 0.1) is 17.9 Å². The molecule has 0 aliphatic carbocycles. The molecule has 1 amide bonds. The number of carbonyl (C=O) groups excluding carboxylic acids is 1. The second-order valence-electron chi connectivity index (χ2n) is 11.6. The largest absolute Gasteiger partial charge is 0.369 e. The fourth-order valence-corrected chi connectivity index (χ4v) is 6.20. The third kappa shape index (κ3) is 4.70. The van der Waals surface area contributed by atoms with Crippen molar-refractivity contribution in [1.29, 1.82) is 0 Å². The highest BCUT2D eigenvalue weighted by Gasteiger charge is 2.31. The zero-order valence-corrected chi connectivity index (χ0v) is 24.1. The predicted octanol–water partition coefficient (Wildman–Crippen LogP) is 3.35. The van der Waals surface area contributed by atoms with Crippen molar-refractivity contribution >= 4 is 28.4 Å². The molecule has 2 aliphatic rings. The molecule has 210 valence electrons. The Kier molecular flexibility index (Phi) is 6.74. The molecule has 2 aliphatic heterocycles. The molecule has 0 bridgehead atoms. The van der Waals surface area contributed by atoms with Crippen LogP contribution in [0.25, 0.3) is 22.3 Å². The summed E-state index contributed by atoms with van der Waals surface area (Å²) in [7, 11) is 2.02. The van der Waals surface area contributed by atoms with Crippen LogP contribution in [0.3, 0.4) is 0 Å². The van der Waals surface area contributed by atoms with Crippen LogP contribution in [-0.2, 0) is 24.8 Å². The van der Waals surface area contributed by atoms with Gasteiger partial charge in [0.1, 0.15) is 11.6 Å². The van der Waals surface area contributed by atoms with E-state index >= 15 is 0 Å². The highest BCUT2D eigenvalue weighted by atomic mass is 16.1. The van der Waals surface area contributed by atoms with E-state index in [-0.39, 0.29) is 18.5 Å². The van der Waals surface area contributed by atoms with E-state index in [1.165, 1.54) is 16.5 Å². The number of hydrogen-bond acceptors (Lipinski definition) is 7. The van der Waals surface area contributed by atoms with Crippen molar-refractivity contribution in [1.82, 2.24) is 29.6 Å². The Balaban J connectivity index is 1.42. The summed E-state index contributed by atoms with van der Waals surface area (Å²) >= 11 is 0. The maximum Gasteiger partial charge on any atom is 0.231 e. The lowest BCUT2D eigenvalue weighted by atomic mass is 10.0. The van der Waals surface area contributed by atoms with Crippen molar-refractivity contribution in [3.8, 4) is 11.4 Å². The van der Waals surface area contributed by atoms with Gasteiger partial charge < -0.3 is 20.5 Å². The molecule has 3 aromatic heterocycles. The molecule has 5 heterocycles. The van der Waals surface area contributed by atoms with Gasteiger partial charge in [-0.2, -0.15) is 5.10 Å². The van der Waals surface area contributed by atoms with Crippen molar-refractivity contribution in [2.45, 2.75) is 52.6 Å². The topological polar surface area (TPSA) is 112 Å². The van der Waals surface area contributed by atoms with Crippen LogP contribution in [0, 0.1) is 6.92 Å². The van der Waals surface area contributed by atoms with Crippen LogP contribution in [0.5, 0.6) is 0 Å². The van der Waals surface area contributed by atoms with E-state index in [4.69, 9.17) is 20.8 Å². The van der Waals surface area contributed by atoms with Gasteiger partial charge in [0.15, 0.2) is 5.82 Å². The average Bonchev–Trinajstić information content (AvgIpc) is 3.51. The van der Waals surface area contributed by atoms with E-state index in [0.717, 1.165) is 79.1 Å². The van der Waals surface area contributed by atoms with E-state index in [1.54, 1.807) is 0 Å². The van der Waals surface area contributed by atoms with Crippen molar-refractivity contribution < 1.29 is 4.79 Å². The number of fused-ring (bicyclic) bond motifs is 2. The summed E-state index contributed by atoms with van der Waals surface area (Å²) < 4.78 is 2.00. The molecule has 1 fully saturated rings. The van der Waals surface area contributed by atoms with E-state index in [0.29, 0.717) is 5.92 Å². The Morgan fingerprint density at radius 3 is 2.73 bits per heavy atom. The molecule has 10 nitrogen and oxygen atoms in total. The molecule has 6 rings (SSSR count). The molecule has 0 radical (unpaired) electrons. The maximum atomic E-state index is 11.6. The Labute approximate surface area is 235 Å². The quantitative estimate of drug-likeness (QED) is 0.385. The number of nitrogens with one attached hydrogen (secondary N) is 1. The van der Waals surface area contributed by atoms with Gasteiger partial charge >= 0.3 is 0 Å². The second-order valence-corrected chi connectivity index (χ2v) is 11.6. The molecule has 3 N–H and O–H groups in total. The molecule has 40 heavy (non-hydrogen) atoms. The lowest BCUT2D eigenvalue weighted by Crippen LogP contribution is -2.54. The predicted molar refractivity (Wildman–Crippen MR) is 159 cm³/mol. The number of aromatic amines is 1. The van der Waals surface area contributed by atoms with Crippen molar-refractivity contribution in [3.63, 3.8) is 0 Å². The number of nitrogens with two attached hydrogens (primary N) is 1. The minimum Gasteiger partial charge on any atom is -0.369 e. The van der Waals surface area contributed by atoms with Gasteiger partial charge in [-0.25, -0.2) is 9.97 Å². The molecule has 0 saturated carbocycles. The summed E-state index contributed by atoms with van der Waals surface area (Å²) in [6.07, 6.45) is 2.88. The fourth-order valence-electron chi connectivity index (χ4n) is 6.20. The number of piperazine rings is 1. The van der Waals surface area contributed by atoms with E-state index < -0.39 is 0 Å². The number of aryl methyl sites for hydroxylation is 2. The fraction of sp³-hybridized carbons (Fsp3) is 0.467. The van der Waals surface area contributed by atoms with Crippen LogP contribution in [0.15, 0.2) is 30.5 Å². The minimum atomic E-state index is -0.287. The number of amides is 1. The molecule has 1 unspecified atom stereocenters. The molecule has 1 saturated heterocycles. The van der Waals surface area contributed by atoms with Gasteiger partial charge in [-0.15, -0.1) is 0 Å². The number of primary amides is 1. The average molecular weight is 542 g/mol. The molecule has 4 aromatic rings. The van der Waals surface area contributed by atoms with Crippen LogP contribution >= 0.6 is 0 Å². The summed E-state index contributed by atoms with van der Waals surface area (Å²) in [5.41, 5.74) is 12.2. The van der Waals surface area contributed by atoms with Crippen LogP contribution in [0.1, 0.15) is 49.2 Å². The first-order valence-electron chi connectivity index (χ1n) is 14.2. The zero-order chi connectivity index (χ0) is 28.1. The summed E-state index contributed by atoms with van der Waals surface area (Å²) in [6.45, 7) is 12.8. The molecule has 0 spiro atoms. The first kappa shape index (κ1) is 26.3. The molecule has 10 heteroatoms. The number of anilines is 2. The summed E-state index contributed by atoms with van der Waals surface area (Å²) in [6, 6.07) is 8.68. The van der Waals surface area contributed by atoms with Gasteiger partial charge in [-0.05, 0) is 31.4 Å². The van der Waals surface area contributed by atoms with Gasteiger partial charge in [0.25, 0.3) is 0 Å². The van der Waals surface area contributed by atoms with Crippen LogP contribution in [0.2, 0.25) is 0 Å². The number of aromatic nitrogens is 5. The smallest absolute Gasteiger partial charge is 0.231 e. The Morgan fingerprint density at radius 2 is 2.00 bits per heavy atom. The standard InChI is InChI=1S/C30H39N9O/c1-18(2)25-13-27(36(5)35-25)38-10-9-23-22(16-38)30(39-12-11-37(17-26(31)40)20(4)15-39)34-29(33-23)21-7-6-8-24-28(21)19(3)14-32-24/h6-8,13-14,18,20,32H,9-12,15-17H2,1-5H3,(H2,31,40). The van der Waals surface area contributed by atoms with Crippen LogP contribution in [0.4, 0.5) is 11.6 Å². The van der Waals surface area contributed by atoms with Gasteiger partial charge in [0, 0.05) is 86.5 Å². The third-order valence-electron chi connectivity index (χ3n) is 8.40. The summed E-state index contributed by atoms with van der Waals surface area (Å²) in [4.78, 5) is 32.5. The number of benzene rings is 1. The lowest BCUT2D eigenvalue weighted by molar-refractivity contribution is -0.119. The van der Waals surface area contributed by atoms with Crippen LogP contribution in [-0.4, -0.2) is 74.3 Å².